The first kappa shape index (κ1) is 32.9. The van der Waals surface area contributed by atoms with E-state index < -0.39 is 0 Å². The Morgan fingerprint density at radius 2 is 0.361 bits per heavy atom. The van der Waals surface area contributed by atoms with E-state index in [9.17, 15) is 0 Å². The molecule has 0 heterocycles. The van der Waals surface area contributed by atoms with Crippen molar-refractivity contribution in [1.29, 1.82) is 0 Å². The van der Waals surface area contributed by atoms with Gasteiger partial charge in [-0.15, -0.1) is 0 Å². The Morgan fingerprint density at radius 3 is 0.607 bits per heavy atom. The third-order valence-corrected chi connectivity index (χ3v) is 13.6. The lowest BCUT2D eigenvalue weighted by Crippen LogP contribution is -1.94. The average molecular weight is 770 g/mol. The van der Waals surface area contributed by atoms with E-state index in [0.29, 0.717) is 0 Å². The third kappa shape index (κ3) is 4.83. The van der Waals surface area contributed by atoms with Crippen LogP contribution in [0, 0.1) is 0 Å². The molecular weight excluding hydrogens is 735 g/mol. The molecule has 1 heteroatoms. The molecular formula is C60H35N. The lowest BCUT2D eigenvalue weighted by molar-refractivity contribution is 1.62. The molecule has 0 aliphatic heterocycles. The summed E-state index contributed by atoms with van der Waals surface area (Å²) < 4.78 is 0. The van der Waals surface area contributed by atoms with E-state index in [2.05, 4.69) is 212 Å². The molecule has 280 valence electrons. The van der Waals surface area contributed by atoms with E-state index >= 15 is 0 Å². The van der Waals surface area contributed by atoms with Gasteiger partial charge in [0.25, 0.3) is 0 Å². The van der Waals surface area contributed by atoms with Crippen molar-refractivity contribution in [2.45, 2.75) is 0 Å². The monoisotopic (exact) mass is 769 g/mol. The highest BCUT2D eigenvalue weighted by Crippen LogP contribution is 2.44. The SMILES string of the molecule is c1ccc2cc3c(cc2c1)c1cc2ccccc2cc1c1cc2c(Nc4cccc5cc6c7cc8ccccc8cc7c7cc8ccccc8cc7c6cc45)cccc2cc31. The van der Waals surface area contributed by atoms with Crippen LogP contribution in [-0.4, -0.2) is 0 Å². The highest BCUT2D eigenvalue weighted by atomic mass is 14.9. The van der Waals surface area contributed by atoms with Crippen LogP contribution < -0.4 is 5.32 Å². The summed E-state index contributed by atoms with van der Waals surface area (Å²) in [4.78, 5) is 0. The maximum atomic E-state index is 4.00. The molecule has 0 atom stereocenters. The van der Waals surface area contributed by atoms with Crippen LogP contribution in [0.2, 0.25) is 0 Å². The van der Waals surface area contributed by atoms with E-state index in [0.717, 1.165) is 11.4 Å². The van der Waals surface area contributed by atoms with Gasteiger partial charge in [-0.2, -0.15) is 0 Å². The molecule has 0 saturated carbocycles. The summed E-state index contributed by atoms with van der Waals surface area (Å²) in [7, 11) is 0. The first-order valence-corrected chi connectivity index (χ1v) is 21.2. The van der Waals surface area contributed by atoms with Crippen molar-refractivity contribution >= 4 is 141 Å². The average Bonchev–Trinajstić information content (AvgIpc) is 3.31. The van der Waals surface area contributed by atoms with Crippen molar-refractivity contribution in [2.75, 3.05) is 5.32 Å². The number of nitrogens with one attached hydrogen (secondary N) is 1. The minimum Gasteiger partial charge on any atom is -0.355 e. The van der Waals surface area contributed by atoms with Crippen molar-refractivity contribution in [3.63, 3.8) is 0 Å². The third-order valence-electron chi connectivity index (χ3n) is 13.6. The largest absolute Gasteiger partial charge is 0.355 e. The Bertz CT molecular complexity index is 3890. The molecule has 0 aromatic heterocycles. The first-order chi connectivity index (χ1) is 30.2. The minimum absolute atomic E-state index is 1.10. The standard InChI is InChI=1S/C60H35N/c1-3-15-39-27-51-47(23-35(39)11-1)49-25-37-13-5-7-17-41(37)29-53(49)57-33-45-43(31-55(51)57)19-9-21-59(45)61-60-22-10-20-44-32-56-52-28-40-16-4-2-12-36(40)24-48(52)50-26-38-14-6-8-18-42(38)30-54(50)58(56)34-46(44)60/h1-34,61H. The topological polar surface area (TPSA) is 12.0 Å². The van der Waals surface area contributed by atoms with E-state index in [1.54, 1.807) is 0 Å². The molecule has 14 aromatic carbocycles. The zero-order chi connectivity index (χ0) is 39.8. The number of hydrogen-bond donors (Lipinski definition) is 1. The molecule has 14 aromatic rings. The van der Waals surface area contributed by atoms with Crippen molar-refractivity contribution < 1.29 is 0 Å². The molecule has 14 rings (SSSR count). The zero-order valence-electron chi connectivity index (χ0n) is 33.1. The highest BCUT2D eigenvalue weighted by Gasteiger charge is 2.17. The Labute approximate surface area is 350 Å². The van der Waals surface area contributed by atoms with Gasteiger partial charge in [-0.1, -0.05) is 121 Å². The number of hydrogen-bond acceptors (Lipinski definition) is 1. The van der Waals surface area contributed by atoms with Crippen LogP contribution in [0.25, 0.3) is 129 Å². The van der Waals surface area contributed by atoms with Gasteiger partial charge in [-0.3, -0.25) is 0 Å². The molecule has 0 radical (unpaired) electrons. The van der Waals surface area contributed by atoms with E-state index in [1.807, 2.05) is 0 Å². The van der Waals surface area contributed by atoms with Crippen molar-refractivity contribution in [3.8, 4) is 0 Å². The molecule has 0 bridgehead atoms. The van der Waals surface area contributed by atoms with Gasteiger partial charge in [0.15, 0.2) is 0 Å². The molecule has 0 amide bonds. The second kappa shape index (κ2) is 12.3. The molecule has 0 aliphatic carbocycles. The Hall–Kier alpha value is -8.00. The Kier molecular flexibility index (Phi) is 6.62. The van der Waals surface area contributed by atoms with Crippen LogP contribution in [-0.2, 0) is 0 Å². The highest BCUT2D eigenvalue weighted by molar-refractivity contribution is 6.32. The summed E-state index contributed by atoms with van der Waals surface area (Å²) in [5.41, 5.74) is 2.20. The molecule has 61 heavy (non-hydrogen) atoms. The summed E-state index contributed by atoms with van der Waals surface area (Å²) in [6, 6.07) is 77.3. The number of fused-ring (bicyclic) bond motifs is 18. The minimum atomic E-state index is 1.10. The van der Waals surface area contributed by atoms with Crippen LogP contribution in [0.15, 0.2) is 206 Å². The molecule has 0 aliphatic rings. The molecule has 0 unspecified atom stereocenters. The van der Waals surface area contributed by atoms with E-state index in [1.165, 1.54) is 129 Å². The summed E-state index contributed by atoms with van der Waals surface area (Å²) in [6.45, 7) is 0. The quantitative estimate of drug-likeness (QED) is 0.136. The van der Waals surface area contributed by atoms with Gasteiger partial charge >= 0.3 is 0 Å². The van der Waals surface area contributed by atoms with Crippen molar-refractivity contribution in [1.82, 2.24) is 0 Å². The molecule has 0 saturated heterocycles. The maximum absolute atomic E-state index is 4.00. The van der Waals surface area contributed by atoms with Crippen LogP contribution in [0.5, 0.6) is 0 Å². The van der Waals surface area contributed by atoms with Crippen LogP contribution >= 0.6 is 0 Å². The number of benzene rings is 14. The lowest BCUT2D eigenvalue weighted by atomic mass is 9.89. The molecule has 0 spiro atoms. The lowest BCUT2D eigenvalue weighted by Gasteiger charge is -2.17. The van der Waals surface area contributed by atoms with Gasteiger partial charge in [0.1, 0.15) is 0 Å². The van der Waals surface area contributed by atoms with Crippen LogP contribution in [0.3, 0.4) is 0 Å². The van der Waals surface area contributed by atoms with Crippen molar-refractivity contribution in [2.24, 2.45) is 0 Å². The second-order valence-corrected chi connectivity index (χ2v) is 17.0. The predicted molar refractivity (Wildman–Crippen MR) is 266 cm³/mol. The summed E-state index contributed by atoms with van der Waals surface area (Å²) in [6.07, 6.45) is 0. The summed E-state index contributed by atoms with van der Waals surface area (Å²) >= 11 is 0. The number of anilines is 2. The van der Waals surface area contributed by atoms with Gasteiger partial charge in [-0.25, -0.2) is 0 Å². The van der Waals surface area contributed by atoms with Gasteiger partial charge in [0, 0.05) is 22.1 Å². The normalized spacial score (nSPS) is 12.3. The fourth-order valence-corrected chi connectivity index (χ4v) is 10.6. The van der Waals surface area contributed by atoms with Gasteiger partial charge < -0.3 is 5.32 Å². The predicted octanol–water partition coefficient (Wildman–Crippen LogP) is 17.3. The van der Waals surface area contributed by atoms with E-state index in [-0.39, 0.29) is 0 Å². The molecule has 0 fully saturated rings. The first-order valence-electron chi connectivity index (χ1n) is 21.2. The zero-order valence-corrected chi connectivity index (χ0v) is 33.1. The van der Waals surface area contributed by atoms with Crippen molar-refractivity contribution in [3.05, 3.63) is 206 Å². The van der Waals surface area contributed by atoms with Crippen LogP contribution in [0.4, 0.5) is 11.4 Å². The summed E-state index contributed by atoms with van der Waals surface area (Å²) in [5, 5.41) is 34.4. The molecule has 1 N–H and O–H groups in total. The van der Waals surface area contributed by atoms with Gasteiger partial charge in [0.05, 0.1) is 0 Å². The summed E-state index contributed by atoms with van der Waals surface area (Å²) in [5.74, 6) is 0. The van der Waals surface area contributed by atoms with Gasteiger partial charge in [0.2, 0.25) is 0 Å². The number of rotatable bonds is 2. The van der Waals surface area contributed by atoms with Gasteiger partial charge in [-0.05, 0) is 203 Å². The van der Waals surface area contributed by atoms with Crippen LogP contribution in [0.1, 0.15) is 0 Å². The fraction of sp³-hybridized carbons (Fsp3) is 0. The Morgan fingerprint density at radius 1 is 0.164 bits per heavy atom. The van der Waals surface area contributed by atoms with E-state index in [4.69, 9.17) is 0 Å². The second-order valence-electron chi connectivity index (χ2n) is 17.0. The smallest absolute Gasteiger partial charge is 0.0464 e. The molecule has 1 nitrogen and oxygen atoms in total. The maximum Gasteiger partial charge on any atom is 0.0464 e. The Balaban J connectivity index is 1.02. The fourth-order valence-electron chi connectivity index (χ4n) is 10.6.